The summed E-state index contributed by atoms with van der Waals surface area (Å²) in [6, 6.07) is 12.2. The number of benzene rings is 2. The van der Waals surface area contributed by atoms with Crippen molar-refractivity contribution in [3.05, 3.63) is 94.6 Å². The van der Waals surface area contributed by atoms with Crippen molar-refractivity contribution in [1.29, 1.82) is 0 Å². The third kappa shape index (κ3) is 5.06. The van der Waals surface area contributed by atoms with Crippen molar-refractivity contribution in [2.45, 2.75) is 33.7 Å². The predicted octanol–water partition coefficient (Wildman–Crippen LogP) is 3.79. The number of allylic oxidation sites excluding steroid dienone is 1. The van der Waals surface area contributed by atoms with Crippen molar-refractivity contribution >= 4 is 45.3 Å². The standard InChI is InChI=1S/C26H23BrN2O5S/c1-5-33-25(32)22-15(3)28-26-29(23(22)17-8-6-14(2)7-9-17)24(31)21(35-26)13-18-12-19(27)10-11-20(18)34-16(4)30/h6-13,23H,5H2,1-4H3/b21-13-/t23-/m0/s1. The second-order valence-corrected chi connectivity index (χ2v) is 9.91. The van der Waals surface area contributed by atoms with E-state index in [4.69, 9.17) is 9.47 Å². The number of halogens is 1. The highest BCUT2D eigenvalue weighted by atomic mass is 79.9. The van der Waals surface area contributed by atoms with E-state index in [9.17, 15) is 14.4 Å². The average molecular weight is 555 g/mol. The summed E-state index contributed by atoms with van der Waals surface area (Å²) in [6.07, 6.45) is 1.67. The summed E-state index contributed by atoms with van der Waals surface area (Å²) in [4.78, 5) is 43.3. The maximum absolute atomic E-state index is 13.7. The van der Waals surface area contributed by atoms with Crippen LogP contribution in [0.2, 0.25) is 0 Å². The van der Waals surface area contributed by atoms with Crippen LogP contribution in [0.4, 0.5) is 0 Å². The number of nitrogens with zero attached hydrogens (tertiary/aromatic N) is 2. The van der Waals surface area contributed by atoms with E-state index in [-0.39, 0.29) is 12.2 Å². The van der Waals surface area contributed by atoms with E-state index in [1.54, 1.807) is 38.1 Å². The van der Waals surface area contributed by atoms with E-state index >= 15 is 0 Å². The number of carbonyl (C=O) groups excluding carboxylic acids is 2. The molecule has 0 amide bonds. The zero-order valence-electron chi connectivity index (χ0n) is 19.6. The van der Waals surface area contributed by atoms with E-state index < -0.39 is 18.0 Å². The summed E-state index contributed by atoms with van der Waals surface area (Å²) in [5, 5.41) is 0. The van der Waals surface area contributed by atoms with Crippen LogP contribution < -0.4 is 19.6 Å². The molecular formula is C26H23BrN2O5S. The molecule has 0 bridgehead atoms. The summed E-state index contributed by atoms with van der Waals surface area (Å²) in [5.74, 6) is -0.625. The molecule has 0 unspecified atom stereocenters. The Morgan fingerprint density at radius 1 is 1.17 bits per heavy atom. The van der Waals surface area contributed by atoms with E-state index in [1.165, 1.54) is 22.8 Å². The highest BCUT2D eigenvalue weighted by Gasteiger charge is 2.33. The van der Waals surface area contributed by atoms with Gasteiger partial charge in [-0.2, -0.15) is 0 Å². The molecule has 2 aromatic carbocycles. The summed E-state index contributed by atoms with van der Waals surface area (Å²) in [7, 11) is 0. The largest absolute Gasteiger partial charge is 0.463 e. The molecule has 180 valence electrons. The maximum atomic E-state index is 13.7. The van der Waals surface area contributed by atoms with Crippen molar-refractivity contribution in [3.8, 4) is 5.75 Å². The minimum Gasteiger partial charge on any atom is -0.463 e. The van der Waals surface area contributed by atoms with Gasteiger partial charge in [-0.05, 0) is 50.6 Å². The molecule has 9 heteroatoms. The number of hydrogen-bond donors (Lipinski definition) is 0. The molecule has 3 aromatic rings. The first-order chi connectivity index (χ1) is 16.7. The van der Waals surface area contributed by atoms with Crippen molar-refractivity contribution in [3.63, 3.8) is 0 Å². The number of ether oxygens (including phenoxy) is 2. The SMILES string of the molecule is CCOC(=O)C1=C(C)N=c2s/c(=C\c3cc(Br)ccc3OC(C)=O)c(=O)n2[C@H]1c1ccc(C)cc1. The van der Waals surface area contributed by atoms with Crippen LogP contribution in [0.25, 0.3) is 6.08 Å². The Kier molecular flexibility index (Phi) is 7.18. The Morgan fingerprint density at radius 3 is 2.54 bits per heavy atom. The highest BCUT2D eigenvalue weighted by Crippen LogP contribution is 2.31. The van der Waals surface area contributed by atoms with E-state index in [0.29, 0.717) is 31.9 Å². The lowest BCUT2D eigenvalue weighted by Gasteiger charge is -2.24. The number of rotatable bonds is 5. The normalized spacial score (nSPS) is 15.5. The van der Waals surface area contributed by atoms with Crippen LogP contribution >= 0.6 is 27.3 Å². The maximum Gasteiger partial charge on any atom is 0.338 e. The second kappa shape index (κ2) is 10.1. The molecule has 0 radical (unpaired) electrons. The zero-order chi connectivity index (χ0) is 25.3. The molecule has 7 nitrogen and oxygen atoms in total. The third-order valence-corrected chi connectivity index (χ3v) is 6.90. The Hall–Kier alpha value is -3.30. The van der Waals surface area contributed by atoms with E-state index in [0.717, 1.165) is 15.6 Å². The van der Waals surface area contributed by atoms with Gasteiger partial charge in [0.15, 0.2) is 4.80 Å². The highest BCUT2D eigenvalue weighted by molar-refractivity contribution is 9.10. The molecule has 4 rings (SSSR count). The lowest BCUT2D eigenvalue weighted by Crippen LogP contribution is -2.39. The number of hydrogen-bond acceptors (Lipinski definition) is 7. The number of aryl methyl sites for hydroxylation is 1. The van der Waals surface area contributed by atoms with Crippen molar-refractivity contribution in [2.75, 3.05) is 6.61 Å². The van der Waals surface area contributed by atoms with Gasteiger partial charge in [0.25, 0.3) is 5.56 Å². The van der Waals surface area contributed by atoms with Crippen LogP contribution in [0, 0.1) is 6.92 Å². The molecule has 0 aliphatic carbocycles. The molecule has 0 fully saturated rings. The molecule has 0 saturated heterocycles. The summed E-state index contributed by atoms with van der Waals surface area (Å²) < 4.78 is 13.3. The number of carbonyl (C=O) groups is 2. The molecule has 1 aromatic heterocycles. The Bertz CT molecular complexity index is 1530. The van der Waals surface area contributed by atoms with E-state index in [1.807, 2.05) is 31.2 Å². The summed E-state index contributed by atoms with van der Waals surface area (Å²) >= 11 is 4.64. The van der Waals surface area contributed by atoms with Gasteiger partial charge in [-0.1, -0.05) is 57.1 Å². The van der Waals surface area contributed by atoms with Crippen LogP contribution in [0.1, 0.15) is 43.5 Å². The monoisotopic (exact) mass is 554 g/mol. The minimum absolute atomic E-state index is 0.211. The van der Waals surface area contributed by atoms with Gasteiger partial charge in [-0.3, -0.25) is 14.2 Å². The lowest BCUT2D eigenvalue weighted by molar-refractivity contribution is -0.139. The van der Waals surface area contributed by atoms with Gasteiger partial charge in [-0.25, -0.2) is 9.79 Å². The first-order valence-electron chi connectivity index (χ1n) is 10.9. The van der Waals surface area contributed by atoms with Gasteiger partial charge >= 0.3 is 11.9 Å². The lowest BCUT2D eigenvalue weighted by atomic mass is 9.95. The zero-order valence-corrected chi connectivity index (χ0v) is 22.0. The molecule has 1 aliphatic rings. The van der Waals surface area contributed by atoms with Crippen LogP contribution in [-0.2, 0) is 14.3 Å². The molecule has 35 heavy (non-hydrogen) atoms. The quantitative estimate of drug-likeness (QED) is 0.353. The van der Waals surface area contributed by atoms with Crippen LogP contribution in [-0.4, -0.2) is 23.1 Å². The Morgan fingerprint density at radius 2 is 1.89 bits per heavy atom. The van der Waals surface area contributed by atoms with Crippen LogP contribution in [0.3, 0.4) is 0 Å². The minimum atomic E-state index is -0.677. The van der Waals surface area contributed by atoms with Crippen molar-refractivity contribution < 1.29 is 19.1 Å². The fraction of sp³-hybridized carbons (Fsp3) is 0.231. The Balaban J connectivity index is 1.96. The second-order valence-electron chi connectivity index (χ2n) is 7.99. The molecule has 0 N–H and O–H groups in total. The summed E-state index contributed by atoms with van der Waals surface area (Å²) in [6.45, 7) is 6.99. The molecule has 1 atom stereocenters. The van der Waals surface area contributed by atoms with Gasteiger partial charge in [0.2, 0.25) is 0 Å². The number of esters is 2. The molecule has 1 aliphatic heterocycles. The van der Waals surface area contributed by atoms with Crippen LogP contribution in [0.5, 0.6) is 5.75 Å². The smallest absolute Gasteiger partial charge is 0.338 e. The third-order valence-electron chi connectivity index (χ3n) is 5.42. The van der Waals surface area contributed by atoms with Gasteiger partial charge in [0, 0.05) is 17.0 Å². The molecular weight excluding hydrogens is 532 g/mol. The fourth-order valence-corrected chi connectivity index (χ4v) is 5.29. The molecule has 0 spiro atoms. The van der Waals surface area contributed by atoms with E-state index in [2.05, 4.69) is 20.9 Å². The number of fused-ring (bicyclic) bond motifs is 1. The first-order valence-corrected chi connectivity index (χ1v) is 12.5. The van der Waals surface area contributed by atoms with Crippen molar-refractivity contribution in [1.82, 2.24) is 4.57 Å². The van der Waals surface area contributed by atoms with Gasteiger partial charge in [0.05, 0.1) is 28.5 Å². The topological polar surface area (TPSA) is 87.0 Å². The van der Waals surface area contributed by atoms with Gasteiger partial charge < -0.3 is 9.47 Å². The van der Waals surface area contributed by atoms with Gasteiger partial charge in [0.1, 0.15) is 5.75 Å². The number of aromatic nitrogens is 1. The number of thiazole rings is 1. The fourth-order valence-electron chi connectivity index (χ4n) is 3.88. The van der Waals surface area contributed by atoms with Crippen molar-refractivity contribution in [2.24, 2.45) is 4.99 Å². The molecule has 2 heterocycles. The Labute approximate surface area is 214 Å². The predicted molar refractivity (Wildman–Crippen MR) is 137 cm³/mol. The average Bonchev–Trinajstić information content (AvgIpc) is 3.09. The van der Waals surface area contributed by atoms with Gasteiger partial charge in [-0.15, -0.1) is 0 Å². The first kappa shape index (κ1) is 24.8. The summed E-state index contributed by atoms with van der Waals surface area (Å²) in [5.41, 5.74) is 2.94. The van der Waals surface area contributed by atoms with Crippen LogP contribution in [0.15, 0.2) is 68.0 Å². The molecule has 0 saturated carbocycles.